The molecule has 8 heteroatoms. The van der Waals surface area contributed by atoms with E-state index in [2.05, 4.69) is 10.6 Å². The molecule has 0 aliphatic rings. The summed E-state index contributed by atoms with van der Waals surface area (Å²) in [5.41, 5.74) is 3.04. The quantitative estimate of drug-likeness (QED) is 0.502. The van der Waals surface area contributed by atoms with Crippen molar-refractivity contribution in [2.75, 3.05) is 23.7 Å². The molecular formula is C25H27N3O4S. The van der Waals surface area contributed by atoms with Crippen LogP contribution in [-0.4, -0.2) is 37.6 Å². The van der Waals surface area contributed by atoms with Crippen LogP contribution in [0.15, 0.2) is 83.8 Å². The van der Waals surface area contributed by atoms with Crippen LogP contribution >= 0.6 is 0 Å². The van der Waals surface area contributed by atoms with Gasteiger partial charge in [-0.25, -0.2) is 8.42 Å². The van der Waals surface area contributed by atoms with E-state index >= 15 is 0 Å². The number of hydrogen-bond donors (Lipinski definition) is 2. The number of nitrogens with zero attached hydrogens (tertiary/aromatic N) is 1. The number of rotatable bonds is 9. The van der Waals surface area contributed by atoms with E-state index in [-0.39, 0.29) is 23.9 Å². The predicted molar refractivity (Wildman–Crippen MR) is 129 cm³/mol. The molecule has 0 aromatic heterocycles. The van der Waals surface area contributed by atoms with Crippen LogP contribution in [0.2, 0.25) is 0 Å². The predicted octanol–water partition coefficient (Wildman–Crippen LogP) is 3.83. The fourth-order valence-electron chi connectivity index (χ4n) is 3.24. The zero-order valence-electron chi connectivity index (χ0n) is 18.6. The van der Waals surface area contributed by atoms with Gasteiger partial charge in [0.1, 0.15) is 0 Å². The van der Waals surface area contributed by atoms with Crippen molar-refractivity contribution in [3.63, 3.8) is 0 Å². The second-order valence-corrected chi connectivity index (χ2v) is 9.63. The Kier molecular flexibility index (Phi) is 7.97. The summed E-state index contributed by atoms with van der Waals surface area (Å²) in [4.78, 5) is 24.0. The number of benzene rings is 3. The zero-order chi connectivity index (χ0) is 23.8. The standard InChI is InChI=1S/C25H27N3O4S/c1-19-8-14-24(15-9-19)33(31,32)28(17-16-21-6-4-3-5-7-21)18-25(30)27-23-12-10-22(11-13-23)26-20(2)29/h3-15H,16-18H2,1-2H3,(H,26,29)(H,27,30). The van der Waals surface area contributed by atoms with Crippen LogP contribution in [0.3, 0.4) is 0 Å². The molecule has 0 bridgehead atoms. The average molecular weight is 466 g/mol. The molecule has 0 unspecified atom stereocenters. The minimum absolute atomic E-state index is 0.147. The SMILES string of the molecule is CC(=O)Nc1ccc(NC(=O)CN(CCc2ccccc2)S(=O)(=O)c2ccc(C)cc2)cc1. The molecule has 0 atom stereocenters. The summed E-state index contributed by atoms with van der Waals surface area (Å²) in [7, 11) is -3.87. The minimum Gasteiger partial charge on any atom is -0.326 e. The number of hydrogen-bond acceptors (Lipinski definition) is 4. The molecule has 0 heterocycles. The molecule has 0 radical (unpaired) electrons. The first-order valence-corrected chi connectivity index (χ1v) is 12.0. The van der Waals surface area contributed by atoms with Crippen LogP contribution < -0.4 is 10.6 Å². The topological polar surface area (TPSA) is 95.6 Å². The summed E-state index contributed by atoms with van der Waals surface area (Å²) in [5, 5.41) is 5.38. The van der Waals surface area contributed by atoms with Crippen LogP contribution in [-0.2, 0) is 26.0 Å². The lowest BCUT2D eigenvalue weighted by atomic mass is 10.1. The van der Waals surface area contributed by atoms with Crippen molar-refractivity contribution in [1.82, 2.24) is 4.31 Å². The van der Waals surface area contributed by atoms with Gasteiger partial charge in [0.05, 0.1) is 11.4 Å². The Balaban J connectivity index is 1.75. The van der Waals surface area contributed by atoms with E-state index in [1.54, 1.807) is 48.5 Å². The van der Waals surface area contributed by atoms with Crippen LogP contribution in [0.1, 0.15) is 18.1 Å². The summed E-state index contributed by atoms with van der Waals surface area (Å²) in [6.45, 7) is 3.13. The van der Waals surface area contributed by atoms with Crippen LogP contribution in [0.25, 0.3) is 0 Å². The van der Waals surface area contributed by atoms with Crippen molar-refractivity contribution < 1.29 is 18.0 Å². The molecule has 3 aromatic rings. The number of sulfonamides is 1. The van der Waals surface area contributed by atoms with E-state index in [0.717, 1.165) is 11.1 Å². The van der Waals surface area contributed by atoms with E-state index in [1.165, 1.54) is 11.2 Å². The van der Waals surface area contributed by atoms with Gasteiger partial charge in [0, 0.05) is 24.8 Å². The van der Waals surface area contributed by atoms with Gasteiger partial charge in [0.25, 0.3) is 0 Å². The van der Waals surface area contributed by atoms with Crippen molar-refractivity contribution in [2.45, 2.75) is 25.2 Å². The smallest absolute Gasteiger partial charge is 0.243 e. The second kappa shape index (κ2) is 10.9. The molecule has 0 spiro atoms. The Bertz CT molecular complexity index is 1190. The number of amides is 2. The van der Waals surface area contributed by atoms with Gasteiger partial charge in [-0.3, -0.25) is 9.59 Å². The Labute approximate surface area is 194 Å². The lowest BCUT2D eigenvalue weighted by Crippen LogP contribution is -2.39. The molecule has 7 nitrogen and oxygen atoms in total. The van der Waals surface area contributed by atoms with Gasteiger partial charge in [0.15, 0.2) is 0 Å². The number of anilines is 2. The monoisotopic (exact) mass is 465 g/mol. The highest BCUT2D eigenvalue weighted by Crippen LogP contribution is 2.18. The number of carbonyl (C=O) groups excluding carboxylic acids is 2. The summed E-state index contributed by atoms with van der Waals surface area (Å²) >= 11 is 0. The summed E-state index contributed by atoms with van der Waals surface area (Å²) in [6.07, 6.45) is 0.477. The van der Waals surface area contributed by atoms with E-state index in [1.807, 2.05) is 37.3 Å². The van der Waals surface area contributed by atoms with Gasteiger partial charge in [-0.15, -0.1) is 0 Å². The van der Waals surface area contributed by atoms with Gasteiger partial charge in [-0.2, -0.15) is 4.31 Å². The van der Waals surface area contributed by atoms with Gasteiger partial charge in [0.2, 0.25) is 21.8 Å². The molecule has 0 saturated carbocycles. The van der Waals surface area contributed by atoms with Crippen LogP contribution in [0.5, 0.6) is 0 Å². The third-order valence-corrected chi connectivity index (χ3v) is 6.82. The van der Waals surface area contributed by atoms with Crippen LogP contribution in [0.4, 0.5) is 11.4 Å². The van der Waals surface area contributed by atoms with E-state index in [9.17, 15) is 18.0 Å². The fourth-order valence-corrected chi connectivity index (χ4v) is 4.64. The van der Waals surface area contributed by atoms with Gasteiger partial charge >= 0.3 is 0 Å². The number of aryl methyl sites for hydroxylation is 1. The van der Waals surface area contributed by atoms with Crippen molar-refractivity contribution in [3.8, 4) is 0 Å². The number of carbonyl (C=O) groups is 2. The third kappa shape index (κ3) is 7.00. The maximum Gasteiger partial charge on any atom is 0.243 e. The number of nitrogens with one attached hydrogen (secondary N) is 2. The molecule has 33 heavy (non-hydrogen) atoms. The normalized spacial score (nSPS) is 11.2. The van der Waals surface area contributed by atoms with Crippen molar-refractivity contribution >= 4 is 33.2 Å². The Hall–Kier alpha value is -3.49. The molecular weight excluding hydrogens is 438 g/mol. The van der Waals surface area contributed by atoms with Crippen molar-refractivity contribution in [3.05, 3.63) is 90.0 Å². The zero-order valence-corrected chi connectivity index (χ0v) is 19.4. The Morgan fingerprint density at radius 1 is 0.818 bits per heavy atom. The van der Waals surface area contributed by atoms with E-state index in [0.29, 0.717) is 17.8 Å². The maximum atomic E-state index is 13.3. The molecule has 2 amide bonds. The molecule has 2 N–H and O–H groups in total. The van der Waals surface area contributed by atoms with Crippen molar-refractivity contribution in [2.24, 2.45) is 0 Å². The van der Waals surface area contributed by atoms with Gasteiger partial charge in [-0.05, 0) is 55.3 Å². The second-order valence-electron chi connectivity index (χ2n) is 7.69. The lowest BCUT2D eigenvalue weighted by molar-refractivity contribution is -0.116. The highest BCUT2D eigenvalue weighted by molar-refractivity contribution is 7.89. The molecule has 172 valence electrons. The lowest BCUT2D eigenvalue weighted by Gasteiger charge is -2.22. The molecule has 3 aromatic carbocycles. The van der Waals surface area contributed by atoms with Crippen molar-refractivity contribution in [1.29, 1.82) is 0 Å². The molecule has 0 aliphatic heterocycles. The maximum absolute atomic E-state index is 13.3. The first kappa shape index (κ1) is 24.2. The summed E-state index contributed by atoms with van der Waals surface area (Å²) < 4.78 is 27.8. The van der Waals surface area contributed by atoms with E-state index in [4.69, 9.17) is 0 Å². The molecule has 0 fully saturated rings. The highest BCUT2D eigenvalue weighted by atomic mass is 32.2. The Morgan fingerprint density at radius 2 is 1.39 bits per heavy atom. The largest absolute Gasteiger partial charge is 0.326 e. The van der Waals surface area contributed by atoms with Gasteiger partial charge < -0.3 is 10.6 Å². The summed E-state index contributed by atoms with van der Waals surface area (Å²) in [5.74, 6) is -0.645. The molecule has 0 saturated heterocycles. The van der Waals surface area contributed by atoms with Gasteiger partial charge in [-0.1, -0.05) is 48.0 Å². The average Bonchev–Trinajstić information content (AvgIpc) is 2.78. The van der Waals surface area contributed by atoms with Crippen LogP contribution in [0, 0.1) is 6.92 Å². The third-order valence-electron chi connectivity index (χ3n) is 4.96. The Morgan fingerprint density at radius 3 is 1.97 bits per heavy atom. The first-order chi connectivity index (χ1) is 15.7. The van der Waals surface area contributed by atoms with E-state index < -0.39 is 15.9 Å². The minimum atomic E-state index is -3.87. The fraction of sp³-hybridized carbons (Fsp3) is 0.200. The first-order valence-electron chi connectivity index (χ1n) is 10.5. The molecule has 0 aliphatic carbocycles. The summed E-state index contributed by atoms with van der Waals surface area (Å²) in [6, 6.07) is 22.7. The molecule has 3 rings (SSSR count). The highest BCUT2D eigenvalue weighted by Gasteiger charge is 2.26.